The summed E-state index contributed by atoms with van der Waals surface area (Å²) < 4.78 is 35.9. The molecule has 0 radical (unpaired) electrons. The van der Waals surface area contributed by atoms with Gasteiger partial charge in [-0.25, -0.2) is 0 Å². The SMILES string of the molecule is OCCCCN(CCO)CC(F)(F)F. The van der Waals surface area contributed by atoms with Gasteiger partial charge in [-0.2, -0.15) is 13.2 Å². The van der Waals surface area contributed by atoms with E-state index in [1.54, 1.807) is 0 Å². The van der Waals surface area contributed by atoms with Gasteiger partial charge in [-0.05, 0) is 19.4 Å². The number of unbranched alkanes of at least 4 members (excludes halogenated alkanes) is 1. The maximum atomic E-state index is 12.0. The van der Waals surface area contributed by atoms with Gasteiger partial charge in [0.05, 0.1) is 13.2 Å². The van der Waals surface area contributed by atoms with E-state index < -0.39 is 12.7 Å². The van der Waals surface area contributed by atoms with Crippen molar-refractivity contribution in [3.05, 3.63) is 0 Å². The van der Waals surface area contributed by atoms with Crippen LogP contribution in [0.1, 0.15) is 12.8 Å². The van der Waals surface area contributed by atoms with Crippen molar-refractivity contribution in [2.24, 2.45) is 0 Å². The Hall–Kier alpha value is -0.330. The second-order valence-electron chi connectivity index (χ2n) is 3.05. The van der Waals surface area contributed by atoms with Crippen LogP contribution in [0.15, 0.2) is 0 Å². The van der Waals surface area contributed by atoms with Crippen LogP contribution in [0.4, 0.5) is 13.2 Å². The zero-order chi connectivity index (χ0) is 11.0. The Morgan fingerprint density at radius 1 is 0.929 bits per heavy atom. The van der Waals surface area contributed by atoms with Gasteiger partial charge in [0, 0.05) is 13.2 Å². The molecule has 0 spiro atoms. The fourth-order valence-corrected chi connectivity index (χ4v) is 1.11. The summed E-state index contributed by atoms with van der Waals surface area (Å²) in [5.41, 5.74) is 0. The van der Waals surface area contributed by atoms with Gasteiger partial charge in [0.2, 0.25) is 0 Å². The lowest BCUT2D eigenvalue weighted by Crippen LogP contribution is -2.36. The molecule has 6 heteroatoms. The molecule has 0 unspecified atom stereocenters. The van der Waals surface area contributed by atoms with Gasteiger partial charge in [-0.3, -0.25) is 4.90 Å². The van der Waals surface area contributed by atoms with E-state index in [-0.39, 0.29) is 26.3 Å². The topological polar surface area (TPSA) is 43.7 Å². The van der Waals surface area contributed by atoms with Gasteiger partial charge in [0.25, 0.3) is 0 Å². The van der Waals surface area contributed by atoms with Gasteiger partial charge in [0.15, 0.2) is 0 Å². The molecule has 0 rings (SSSR count). The minimum atomic E-state index is -4.23. The van der Waals surface area contributed by atoms with Crippen molar-refractivity contribution in [3.8, 4) is 0 Å². The Morgan fingerprint density at radius 2 is 1.57 bits per heavy atom. The fraction of sp³-hybridized carbons (Fsp3) is 1.00. The highest BCUT2D eigenvalue weighted by molar-refractivity contribution is 4.62. The minimum Gasteiger partial charge on any atom is -0.396 e. The zero-order valence-electron chi connectivity index (χ0n) is 7.93. The summed E-state index contributed by atoms with van der Waals surface area (Å²) in [4.78, 5) is 1.13. The second-order valence-corrected chi connectivity index (χ2v) is 3.05. The molecule has 0 aliphatic heterocycles. The lowest BCUT2D eigenvalue weighted by molar-refractivity contribution is -0.146. The van der Waals surface area contributed by atoms with E-state index in [2.05, 4.69) is 0 Å². The minimum absolute atomic E-state index is 0.0149. The molecular weight excluding hydrogens is 199 g/mol. The number of rotatable bonds is 7. The quantitative estimate of drug-likeness (QED) is 0.612. The predicted molar refractivity (Wildman–Crippen MR) is 45.9 cm³/mol. The van der Waals surface area contributed by atoms with E-state index in [4.69, 9.17) is 10.2 Å². The maximum Gasteiger partial charge on any atom is 0.401 e. The van der Waals surface area contributed by atoms with Crippen LogP contribution in [0.5, 0.6) is 0 Å². The Bertz CT molecular complexity index is 141. The van der Waals surface area contributed by atoms with Crippen LogP contribution in [0.2, 0.25) is 0 Å². The van der Waals surface area contributed by atoms with Gasteiger partial charge < -0.3 is 10.2 Å². The van der Waals surface area contributed by atoms with E-state index >= 15 is 0 Å². The first-order chi connectivity index (χ1) is 6.49. The summed E-state index contributed by atoms with van der Waals surface area (Å²) in [7, 11) is 0. The molecule has 0 saturated carbocycles. The first-order valence-electron chi connectivity index (χ1n) is 4.50. The van der Waals surface area contributed by atoms with Crippen LogP contribution in [0, 0.1) is 0 Å². The van der Waals surface area contributed by atoms with Crippen LogP contribution in [-0.4, -0.2) is 54.1 Å². The Kier molecular flexibility index (Phi) is 6.86. The van der Waals surface area contributed by atoms with Gasteiger partial charge in [0.1, 0.15) is 0 Å². The average molecular weight is 215 g/mol. The molecule has 86 valence electrons. The molecule has 0 aromatic carbocycles. The monoisotopic (exact) mass is 215 g/mol. The third-order valence-electron chi connectivity index (χ3n) is 1.70. The van der Waals surface area contributed by atoms with E-state index in [9.17, 15) is 13.2 Å². The van der Waals surface area contributed by atoms with Crippen molar-refractivity contribution < 1.29 is 23.4 Å². The zero-order valence-corrected chi connectivity index (χ0v) is 7.93. The molecule has 0 saturated heterocycles. The summed E-state index contributed by atoms with van der Waals surface area (Å²) in [6, 6.07) is 0. The van der Waals surface area contributed by atoms with Gasteiger partial charge >= 0.3 is 6.18 Å². The largest absolute Gasteiger partial charge is 0.401 e. The normalized spacial score (nSPS) is 12.4. The number of aliphatic hydroxyl groups is 2. The molecule has 0 aromatic heterocycles. The smallest absolute Gasteiger partial charge is 0.396 e. The van der Waals surface area contributed by atoms with Crippen molar-refractivity contribution in [3.63, 3.8) is 0 Å². The van der Waals surface area contributed by atoms with Crippen LogP contribution in [0.3, 0.4) is 0 Å². The summed E-state index contributed by atoms with van der Waals surface area (Å²) >= 11 is 0. The van der Waals surface area contributed by atoms with Crippen molar-refractivity contribution in [2.45, 2.75) is 19.0 Å². The second kappa shape index (κ2) is 7.03. The van der Waals surface area contributed by atoms with E-state index in [0.717, 1.165) is 4.90 Å². The van der Waals surface area contributed by atoms with Gasteiger partial charge in [-0.15, -0.1) is 0 Å². The van der Waals surface area contributed by atoms with E-state index in [0.29, 0.717) is 12.8 Å². The molecule has 0 amide bonds. The molecule has 0 atom stereocenters. The molecule has 14 heavy (non-hydrogen) atoms. The Balaban J connectivity index is 3.77. The molecule has 0 bridgehead atoms. The standard InChI is InChI=1S/C8H16F3NO2/c9-8(10,11)7-12(4-6-14)3-1-2-5-13/h13-14H,1-7H2. The molecule has 0 aliphatic carbocycles. The highest BCUT2D eigenvalue weighted by Crippen LogP contribution is 2.16. The van der Waals surface area contributed by atoms with Crippen LogP contribution in [0.25, 0.3) is 0 Å². The lowest BCUT2D eigenvalue weighted by atomic mass is 10.3. The van der Waals surface area contributed by atoms with Crippen molar-refractivity contribution in [1.82, 2.24) is 4.90 Å². The summed E-state index contributed by atoms with van der Waals surface area (Å²) in [5.74, 6) is 0. The number of aliphatic hydroxyl groups excluding tert-OH is 2. The lowest BCUT2D eigenvalue weighted by Gasteiger charge is -2.22. The highest BCUT2D eigenvalue weighted by Gasteiger charge is 2.30. The molecule has 0 aromatic rings. The number of halogens is 3. The third kappa shape index (κ3) is 8.28. The first-order valence-corrected chi connectivity index (χ1v) is 4.50. The van der Waals surface area contributed by atoms with Crippen molar-refractivity contribution >= 4 is 0 Å². The molecule has 0 aliphatic rings. The first kappa shape index (κ1) is 13.7. The fourth-order valence-electron chi connectivity index (χ4n) is 1.11. The molecule has 2 N–H and O–H groups in total. The number of alkyl halides is 3. The summed E-state index contributed by atoms with van der Waals surface area (Å²) in [5, 5.41) is 17.0. The van der Waals surface area contributed by atoms with Crippen molar-refractivity contribution in [2.75, 3.05) is 32.8 Å². The molecule has 0 heterocycles. The number of hydrogen-bond acceptors (Lipinski definition) is 3. The Morgan fingerprint density at radius 3 is 2.00 bits per heavy atom. The summed E-state index contributed by atoms with van der Waals surface area (Å²) in [6.07, 6.45) is -3.24. The van der Waals surface area contributed by atoms with E-state index in [1.165, 1.54) is 0 Å². The summed E-state index contributed by atoms with van der Waals surface area (Å²) in [6.45, 7) is -1.03. The van der Waals surface area contributed by atoms with Crippen LogP contribution in [-0.2, 0) is 0 Å². The predicted octanol–water partition coefficient (Wildman–Crippen LogP) is 0.616. The average Bonchev–Trinajstić information content (AvgIpc) is 2.02. The third-order valence-corrected chi connectivity index (χ3v) is 1.70. The number of nitrogens with zero attached hydrogens (tertiary/aromatic N) is 1. The van der Waals surface area contributed by atoms with Gasteiger partial charge in [-0.1, -0.05) is 0 Å². The Labute approximate surface area is 81.1 Å². The molecule has 3 nitrogen and oxygen atoms in total. The highest BCUT2D eigenvalue weighted by atomic mass is 19.4. The van der Waals surface area contributed by atoms with Crippen molar-refractivity contribution in [1.29, 1.82) is 0 Å². The maximum absolute atomic E-state index is 12.0. The van der Waals surface area contributed by atoms with E-state index in [1.807, 2.05) is 0 Å². The number of hydrogen-bond donors (Lipinski definition) is 2. The van der Waals surface area contributed by atoms with Crippen LogP contribution >= 0.6 is 0 Å². The van der Waals surface area contributed by atoms with Crippen LogP contribution < -0.4 is 0 Å². The molecular formula is C8H16F3NO2. The molecule has 0 fully saturated rings.